The lowest BCUT2D eigenvalue weighted by molar-refractivity contribution is -0.274. The van der Waals surface area contributed by atoms with Crippen LogP contribution in [0.15, 0.2) is 24.3 Å². The summed E-state index contributed by atoms with van der Waals surface area (Å²) in [5.74, 6) is 0.347. The smallest absolute Gasteiger partial charge is 0.406 e. The molecule has 0 spiro atoms. The molecule has 2 fully saturated rings. The predicted octanol–water partition coefficient (Wildman–Crippen LogP) is 3.10. The molecule has 3 amide bonds. The van der Waals surface area contributed by atoms with Crippen LogP contribution >= 0.6 is 0 Å². The number of ether oxygens (including phenoxy) is 1. The van der Waals surface area contributed by atoms with E-state index in [1.54, 1.807) is 16.8 Å². The number of amides is 3. The van der Waals surface area contributed by atoms with E-state index in [1.807, 2.05) is 0 Å². The summed E-state index contributed by atoms with van der Waals surface area (Å²) in [5.41, 5.74) is 0.351. The highest BCUT2D eigenvalue weighted by Gasteiger charge is 2.35. The molecule has 1 N–H and O–H groups in total. The van der Waals surface area contributed by atoms with E-state index in [-0.39, 0.29) is 17.7 Å². The number of urea groups is 1. The lowest BCUT2D eigenvalue weighted by Gasteiger charge is -2.34. The number of nitrogens with one attached hydrogen (secondary N) is 1. The molecule has 1 aromatic carbocycles. The van der Waals surface area contributed by atoms with E-state index in [1.165, 1.54) is 12.1 Å². The first kappa shape index (κ1) is 20.3. The number of carbonyl (C=O) groups is 2. The Morgan fingerprint density at radius 2 is 1.57 bits per heavy atom. The number of benzene rings is 1. The van der Waals surface area contributed by atoms with Crippen molar-refractivity contribution in [2.75, 3.05) is 33.2 Å². The zero-order valence-corrected chi connectivity index (χ0v) is 15.7. The Morgan fingerprint density at radius 1 is 1.00 bits per heavy atom. The maximum absolute atomic E-state index is 12.7. The number of hydrogen-bond acceptors (Lipinski definition) is 3. The van der Waals surface area contributed by atoms with Gasteiger partial charge in [-0.2, -0.15) is 0 Å². The topological polar surface area (TPSA) is 61.9 Å². The first-order valence-electron chi connectivity index (χ1n) is 9.38. The molecule has 0 aliphatic carbocycles. The van der Waals surface area contributed by atoms with Crippen LogP contribution in [0.3, 0.4) is 0 Å². The molecule has 1 aromatic rings. The molecule has 6 nitrogen and oxygen atoms in total. The van der Waals surface area contributed by atoms with Crippen molar-refractivity contribution in [2.24, 2.45) is 11.8 Å². The molecule has 3 rings (SSSR count). The zero-order chi connectivity index (χ0) is 20.3. The maximum atomic E-state index is 12.7. The van der Waals surface area contributed by atoms with E-state index in [9.17, 15) is 22.8 Å². The second-order valence-corrected chi connectivity index (χ2v) is 7.25. The van der Waals surface area contributed by atoms with E-state index < -0.39 is 6.36 Å². The number of rotatable bonds is 3. The highest BCUT2D eigenvalue weighted by molar-refractivity contribution is 5.94. The summed E-state index contributed by atoms with van der Waals surface area (Å²) >= 11 is 0. The van der Waals surface area contributed by atoms with Gasteiger partial charge in [0.25, 0.3) is 5.91 Å². The van der Waals surface area contributed by atoms with E-state index in [0.29, 0.717) is 30.5 Å². The first-order chi connectivity index (χ1) is 13.3. The van der Waals surface area contributed by atoms with Gasteiger partial charge in [0, 0.05) is 38.8 Å². The summed E-state index contributed by atoms with van der Waals surface area (Å²) in [7, 11) is 1.62. The van der Waals surface area contributed by atoms with Gasteiger partial charge in [-0.3, -0.25) is 4.79 Å². The summed E-state index contributed by atoms with van der Waals surface area (Å²) in [6, 6.07) is 4.97. The van der Waals surface area contributed by atoms with Crippen molar-refractivity contribution in [2.45, 2.75) is 25.6 Å². The van der Waals surface area contributed by atoms with Crippen LogP contribution in [0, 0.1) is 11.8 Å². The highest BCUT2D eigenvalue weighted by atomic mass is 19.4. The SMILES string of the molecule is CNC(=O)N1CCC(C2CCN(C(=O)c3ccc(OC(F)(F)F)cc3)C2)CC1. The molecule has 2 saturated heterocycles. The van der Waals surface area contributed by atoms with Crippen molar-refractivity contribution in [3.8, 4) is 5.75 Å². The minimum atomic E-state index is -4.75. The van der Waals surface area contributed by atoms with Crippen molar-refractivity contribution >= 4 is 11.9 Å². The Balaban J connectivity index is 1.52. The number of likely N-dealkylation sites (tertiary alicyclic amines) is 2. The summed E-state index contributed by atoms with van der Waals surface area (Å²) in [4.78, 5) is 27.9. The fourth-order valence-corrected chi connectivity index (χ4v) is 4.07. The van der Waals surface area contributed by atoms with Crippen molar-refractivity contribution in [1.29, 1.82) is 0 Å². The standard InChI is InChI=1S/C19H24F3N3O3/c1-23-18(27)24-9-6-13(7-10-24)15-8-11-25(12-15)17(26)14-2-4-16(5-3-14)28-19(20,21)22/h2-5,13,15H,6-12H2,1H3,(H,23,27). The Kier molecular flexibility index (Phi) is 6.00. The van der Waals surface area contributed by atoms with Gasteiger partial charge in [-0.1, -0.05) is 0 Å². The molecule has 1 unspecified atom stereocenters. The van der Waals surface area contributed by atoms with Crippen LogP contribution in [-0.4, -0.2) is 61.3 Å². The fraction of sp³-hybridized carbons (Fsp3) is 0.579. The van der Waals surface area contributed by atoms with Crippen molar-refractivity contribution in [3.05, 3.63) is 29.8 Å². The number of piperidine rings is 1. The van der Waals surface area contributed by atoms with E-state index in [0.717, 1.165) is 44.5 Å². The average Bonchev–Trinajstić information content (AvgIpc) is 3.16. The number of hydrogen-bond donors (Lipinski definition) is 1. The Hall–Kier alpha value is -2.45. The molecular weight excluding hydrogens is 375 g/mol. The van der Waals surface area contributed by atoms with Crippen LogP contribution in [-0.2, 0) is 0 Å². The fourth-order valence-electron chi connectivity index (χ4n) is 4.07. The van der Waals surface area contributed by atoms with Gasteiger partial charge in [-0.25, -0.2) is 4.79 Å². The van der Waals surface area contributed by atoms with Crippen molar-refractivity contribution in [1.82, 2.24) is 15.1 Å². The van der Waals surface area contributed by atoms with Gasteiger partial charge < -0.3 is 19.9 Å². The minimum absolute atomic E-state index is 0.0559. The number of nitrogens with zero attached hydrogens (tertiary/aromatic N) is 2. The highest BCUT2D eigenvalue weighted by Crippen LogP contribution is 2.32. The molecule has 9 heteroatoms. The summed E-state index contributed by atoms with van der Waals surface area (Å²) in [6.45, 7) is 2.72. The molecule has 0 bridgehead atoms. The molecule has 0 aromatic heterocycles. The Morgan fingerprint density at radius 3 is 2.14 bits per heavy atom. The van der Waals surface area contributed by atoms with E-state index in [4.69, 9.17) is 0 Å². The van der Waals surface area contributed by atoms with Gasteiger partial charge in [0.1, 0.15) is 5.75 Å². The number of alkyl halides is 3. The second kappa shape index (κ2) is 8.28. The zero-order valence-electron chi connectivity index (χ0n) is 15.7. The quantitative estimate of drug-likeness (QED) is 0.850. The van der Waals surface area contributed by atoms with Crippen LogP contribution in [0.2, 0.25) is 0 Å². The maximum Gasteiger partial charge on any atom is 0.573 e. The van der Waals surface area contributed by atoms with Gasteiger partial charge in [-0.15, -0.1) is 13.2 Å². The number of halogens is 3. The largest absolute Gasteiger partial charge is 0.573 e. The summed E-state index contributed by atoms with van der Waals surface area (Å²) in [6.07, 6.45) is -2.00. The van der Waals surface area contributed by atoms with Crippen LogP contribution in [0.1, 0.15) is 29.6 Å². The molecule has 2 aliphatic heterocycles. The molecule has 28 heavy (non-hydrogen) atoms. The summed E-state index contributed by atoms with van der Waals surface area (Å²) < 4.78 is 40.5. The van der Waals surface area contributed by atoms with Gasteiger partial charge in [0.2, 0.25) is 0 Å². The third kappa shape index (κ3) is 4.88. The Labute approximate surface area is 161 Å². The predicted molar refractivity (Wildman–Crippen MR) is 95.9 cm³/mol. The van der Waals surface area contributed by atoms with Crippen LogP contribution in [0.5, 0.6) is 5.75 Å². The van der Waals surface area contributed by atoms with Gasteiger partial charge in [0.15, 0.2) is 0 Å². The molecule has 1 atom stereocenters. The minimum Gasteiger partial charge on any atom is -0.406 e. The van der Waals surface area contributed by atoms with Gasteiger partial charge >= 0.3 is 12.4 Å². The average molecular weight is 399 g/mol. The van der Waals surface area contributed by atoms with Crippen molar-refractivity contribution < 1.29 is 27.5 Å². The Bertz CT molecular complexity index is 701. The first-order valence-corrected chi connectivity index (χ1v) is 9.38. The summed E-state index contributed by atoms with van der Waals surface area (Å²) in [5, 5.41) is 2.64. The second-order valence-electron chi connectivity index (χ2n) is 7.25. The molecule has 154 valence electrons. The van der Waals surface area contributed by atoms with Crippen LogP contribution in [0.25, 0.3) is 0 Å². The molecule has 2 heterocycles. The van der Waals surface area contributed by atoms with Crippen LogP contribution in [0.4, 0.5) is 18.0 Å². The lowest BCUT2D eigenvalue weighted by atomic mass is 9.84. The lowest BCUT2D eigenvalue weighted by Crippen LogP contribution is -2.44. The molecule has 2 aliphatic rings. The third-order valence-corrected chi connectivity index (χ3v) is 5.55. The van der Waals surface area contributed by atoms with E-state index >= 15 is 0 Å². The normalized spacial score (nSPS) is 20.9. The number of carbonyl (C=O) groups excluding carboxylic acids is 2. The van der Waals surface area contributed by atoms with E-state index in [2.05, 4.69) is 10.1 Å². The molecule has 0 radical (unpaired) electrons. The molecule has 0 saturated carbocycles. The molecular formula is C19H24F3N3O3. The van der Waals surface area contributed by atoms with Crippen molar-refractivity contribution in [3.63, 3.8) is 0 Å². The van der Waals surface area contributed by atoms with Gasteiger partial charge in [-0.05, 0) is 55.4 Å². The monoisotopic (exact) mass is 399 g/mol. The third-order valence-electron chi connectivity index (χ3n) is 5.55. The van der Waals surface area contributed by atoms with Crippen LogP contribution < -0.4 is 10.1 Å². The van der Waals surface area contributed by atoms with Gasteiger partial charge in [0.05, 0.1) is 0 Å².